The molecule has 0 aromatic carbocycles. The van der Waals surface area contributed by atoms with Crippen LogP contribution in [0.25, 0.3) is 0 Å². The third-order valence-corrected chi connectivity index (χ3v) is 8.41. The molecule has 1 spiro atoms. The minimum absolute atomic E-state index is 0.00519. The van der Waals surface area contributed by atoms with Crippen LogP contribution in [0, 0.1) is 0 Å². The Labute approximate surface area is 120 Å². The molecule has 1 N–H and O–H groups in total. The van der Waals surface area contributed by atoms with E-state index in [1.54, 1.807) is 0 Å². The molecule has 7 heteroatoms. The second kappa shape index (κ2) is 5.13. The summed E-state index contributed by atoms with van der Waals surface area (Å²) in [4.78, 5) is 1.39. The molecule has 20 heavy (non-hydrogen) atoms. The molecule has 3 saturated heterocycles. The van der Waals surface area contributed by atoms with Crippen molar-refractivity contribution in [2.45, 2.75) is 52.1 Å². The number of hydrogen-bond acceptors (Lipinski definition) is 5. The van der Waals surface area contributed by atoms with Crippen LogP contribution < -0.4 is 4.90 Å². The zero-order valence-electron chi connectivity index (χ0n) is 12.8. The SMILES string of the molecule is C[C@@H]1OP2(C[NH+]3CCOCC3)(O[C@H]1C)O[C@@H](C)[C@@H](C)O2. The summed E-state index contributed by atoms with van der Waals surface area (Å²) in [5.41, 5.74) is 0. The average Bonchev–Trinajstić information content (AvgIpc) is 2.75. The minimum atomic E-state index is -3.44. The van der Waals surface area contributed by atoms with E-state index in [-0.39, 0.29) is 24.4 Å². The van der Waals surface area contributed by atoms with Gasteiger partial charge in [-0.1, -0.05) is 0 Å². The molecule has 0 bridgehead atoms. The van der Waals surface area contributed by atoms with Gasteiger partial charge in [0.1, 0.15) is 0 Å². The van der Waals surface area contributed by atoms with Crippen LogP contribution in [0.4, 0.5) is 0 Å². The Bertz CT molecular complexity index is 324. The average molecular weight is 308 g/mol. The van der Waals surface area contributed by atoms with E-state index in [1.165, 1.54) is 4.90 Å². The van der Waals surface area contributed by atoms with Gasteiger partial charge in [-0.15, -0.1) is 0 Å². The van der Waals surface area contributed by atoms with Crippen molar-refractivity contribution in [3.63, 3.8) is 0 Å². The molecule has 0 unspecified atom stereocenters. The second-order valence-electron chi connectivity index (χ2n) is 6.23. The molecule has 118 valence electrons. The molecule has 6 nitrogen and oxygen atoms in total. The molecular weight excluding hydrogens is 281 g/mol. The predicted octanol–water partition coefficient (Wildman–Crippen LogP) is 0.720. The van der Waals surface area contributed by atoms with Gasteiger partial charge in [-0.05, 0) is 0 Å². The van der Waals surface area contributed by atoms with Crippen molar-refractivity contribution in [2.24, 2.45) is 0 Å². The molecule has 3 heterocycles. The predicted molar refractivity (Wildman–Crippen MR) is 75.5 cm³/mol. The fourth-order valence-corrected chi connectivity index (χ4v) is 8.01. The van der Waals surface area contributed by atoms with Crippen molar-refractivity contribution in [1.82, 2.24) is 0 Å². The van der Waals surface area contributed by atoms with Crippen LogP contribution in [0.1, 0.15) is 27.7 Å². The Balaban J connectivity index is 1.85. The van der Waals surface area contributed by atoms with E-state index < -0.39 is 7.51 Å². The van der Waals surface area contributed by atoms with Gasteiger partial charge in [-0.3, -0.25) is 0 Å². The standard InChI is InChI=1S/C13H26NO5P/c1-10-11(2)17-20(16-10,18-12(3)13(4)19-20)9-14-5-7-15-8-6-14/h10-13H,5-9H2,1-4H3/p+1/t10-,11-,12-,13+/m0/s1. The van der Waals surface area contributed by atoms with Crippen molar-refractivity contribution in [3.8, 4) is 0 Å². The summed E-state index contributed by atoms with van der Waals surface area (Å²) in [6.45, 7) is 11.6. The van der Waals surface area contributed by atoms with Gasteiger partial charge >= 0.3 is 120 Å². The summed E-state index contributed by atoms with van der Waals surface area (Å²) >= 11 is 0. The summed E-state index contributed by atoms with van der Waals surface area (Å²) < 4.78 is 30.4. The Morgan fingerprint density at radius 3 is 1.60 bits per heavy atom. The van der Waals surface area contributed by atoms with Gasteiger partial charge in [0.2, 0.25) is 0 Å². The third kappa shape index (κ3) is 2.52. The first kappa shape index (κ1) is 15.1. The van der Waals surface area contributed by atoms with Gasteiger partial charge in [-0.25, -0.2) is 0 Å². The van der Waals surface area contributed by atoms with Crippen LogP contribution in [0.3, 0.4) is 0 Å². The first-order chi connectivity index (χ1) is 9.41. The Morgan fingerprint density at radius 1 is 0.800 bits per heavy atom. The molecule has 0 radical (unpaired) electrons. The topological polar surface area (TPSA) is 50.6 Å². The normalized spacial score (nSPS) is 46.3. The van der Waals surface area contributed by atoms with E-state index in [0.29, 0.717) is 6.29 Å². The zero-order valence-corrected chi connectivity index (χ0v) is 13.7. The van der Waals surface area contributed by atoms with Crippen LogP contribution in [0.15, 0.2) is 0 Å². The first-order valence-electron chi connectivity index (χ1n) is 7.60. The van der Waals surface area contributed by atoms with Crippen molar-refractivity contribution in [1.29, 1.82) is 0 Å². The van der Waals surface area contributed by atoms with E-state index in [9.17, 15) is 0 Å². The zero-order chi connectivity index (χ0) is 14.4. The summed E-state index contributed by atoms with van der Waals surface area (Å²) in [6, 6.07) is 0. The molecule has 3 rings (SSSR count). The van der Waals surface area contributed by atoms with Gasteiger partial charge in [0.25, 0.3) is 0 Å². The van der Waals surface area contributed by atoms with E-state index >= 15 is 0 Å². The van der Waals surface area contributed by atoms with Crippen LogP contribution in [-0.2, 0) is 22.8 Å². The van der Waals surface area contributed by atoms with Gasteiger partial charge in [0.05, 0.1) is 0 Å². The number of quaternary nitrogens is 1. The van der Waals surface area contributed by atoms with Crippen molar-refractivity contribution in [3.05, 3.63) is 0 Å². The van der Waals surface area contributed by atoms with E-state index in [0.717, 1.165) is 26.3 Å². The van der Waals surface area contributed by atoms with E-state index in [2.05, 4.69) is 0 Å². The summed E-state index contributed by atoms with van der Waals surface area (Å²) in [5, 5.41) is 0. The van der Waals surface area contributed by atoms with Crippen LogP contribution in [-0.4, -0.2) is 57.0 Å². The molecule has 0 amide bonds. The quantitative estimate of drug-likeness (QED) is 0.762. The molecule has 0 aromatic heterocycles. The second-order valence-corrected chi connectivity index (χ2v) is 9.31. The van der Waals surface area contributed by atoms with Gasteiger partial charge in [-0.2, -0.15) is 0 Å². The van der Waals surface area contributed by atoms with Gasteiger partial charge in [0, 0.05) is 0 Å². The fraction of sp³-hybridized carbons (Fsp3) is 1.00. The summed E-state index contributed by atoms with van der Waals surface area (Å²) in [6.07, 6.45) is 0.686. The number of ether oxygens (including phenoxy) is 1. The monoisotopic (exact) mass is 308 g/mol. The summed E-state index contributed by atoms with van der Waals surface area (Å²) in [7, 11) is -3.44. The Kier molecular flexibility index (Phi) is 3.87. The molecule has 0 aromatic rings. The molecule has 0 saturated carbocycles. The van der Waals surface area contributed by atoms with Crippen LogP contribution >= 0.6 is 7.51 Å². The number of morpholine rings is 1. The number of nitrogens with one attached hydrogen (secondary N) is 1. The van der Waals surface area contributed by atoms with Crippen LogP contribution in [0.2, 0.25) is 0 Å². The van der Waals surface area contributed by atoms with Crippen molar-refractivity contribution < 1.29 is 27.7 Å². The Hall–Kier alpha value is 0.190. The Morgan fingerprint density at radius 2 is 1.20 bits per heavy atom. The number of hydrogen-bond donors (Lipinski definition) is 1. The molecular formula is C13H27NO5P+. The molecule has 3 aliphatic heterocycles. The molecule has 3 aliphatic rings. The number of rotatable bonds is 2. The van der Waals surface area contributed by atoms with Crippen molar-refractivity contribution >= 4 is 7.51 Å². The molecule has 0 aliphatic carbocycles. The van der Waals surface area contributed by atoms with E-state index in [1.807, 2.05) is 27.7 Å². The molecule has 4 atom stereocenters. The summed E-state index contributed by atoms with van der Waals surface area (Å²) in [5.74, 6) is 0. The molecule has 3 fully saturated rings. The van der Waals surface area contributed by atoms with Gasteiger partial charge in [0.15, 0.2) is 0 Å². The van der Waals surface area contributed by atoms with Gasteiger partial charge < -0.3 is 0 Å². The van der Waals surface area contributed by atoms with Crippen molar-refractivity contribution in [2.75, 3.05) is 32.6 Å². The van der Waals surface area contributed by atoms with Crippen LogP contribution in [0.5, 0.6) is 0 Å². The first-order valence-corrected chi connectivity index (χ1v) is 9.70. The maximum absolute atomic E-state index is 6.26. The maximum atomic E-state index is 6.26. The fourth-order valence-electron chi connectivity index (χ4n) is 3.11. The van der Waals surface area contributed by atoms with E-state index in [4.69, 9.17) is 22.8 Å². The third-order valence-electron chi connectivity index (χ3n) is 4.48.